The summed E-state index contributed by atoms with van der Waals surface area (Å²) in [6.45, 7) is 0.498. The first-order valence-corrected chi connectivity index (χ1v) is 10.5. The molecule has 10 heteroatoms. The Morgan fingerprint density at radius 1 is 1.12 bits per heavy atom. The number of amides is 1. The molecule has 1 atom stereocenters. The van der Waals surface area contributed by atoms with E-state index in [0.29, 0.717) is 24.3 Å². The molecule has 0 spiro atoms. The number of imidazole rings is 1. The van der Waals surface area contributed by atoms with Crippen molar-refractivity contribution in [2.24, 2.45) is 0 Å². The molecule has 0 radical (unpaired) electrons. The third kappa shape index (κ3) is 2.97. The maximum absolute atomic E-state index is 13.7. The first-order valence-electron chi connectivity index (χ1n) is 10.1. The molecule has 5 aromatic heterocycles. The molecule has 9 nitrogen and oxygen atoms in total. The molecule has 158 valence electrons. The molecule has 6 heterocycles. The van der Waals surface area contributed by atoms with Crippen molar-refractivity contribution < 1.29 is 4.79 Å². The van der Waals surface area contributed by atoms with Crippen LogP contribution in [0.2, 0.25) is 5.15 Å². The number of nitrogens with zero attached hydrogens (tertiary/aromatic N) is 7. The largest absolute Gasteiger partial charge is 0.348 e. The number of H-pyrrole nitrogens is 1. The minimum absolute atomic E-state index is 0.127. The summed E-state index contributed by atoms with van der Waals surface area (Å²) in [6.07, 6.45) is 7.49. The standard InChI is InChI=1S/C22H17ClN8O/c23-21-15(12-31(28-21)18-6-1-3-8-24-18)22(32)29-10-7-16-19(26-13-25-16)20(29)17-11-14-5-2-4-9-30(14)27-17/h1-6,8-9,11-13,20H,7,10H2,(H,25,26)/t20-/m1/s1. The molecule has 0 fully saturated rings. The van der Waals surface area contributed by atoms with Crippen LogP contribution in [-0.2, 0) is 6.42 Å². The van der Waals surface area contributed by atoms with E-state index < -0.39 is 6.04 Å². The van der Waals surface area contributed by atoms with Crippen LogP contribution in [0.5, 0.6) is 0 Å². The molecule has 1 aliphatic rings. The molecule has 32 heavy (non-hydrogen) atoms. The van der Waals surface area contributed by atoms with Crippen LogP contribution >= 0.6 is 11.6 Å². The van der Waals surface area contributed by atoms with Crippen LogP contribution in [-0.4, -0.2) is 51.7 Å². The van der Waals surface area contributed by atoms with Crippen molar-refractivity contribution in [3.8, 4) is 5.82 Å². The highest BCUT2D eigenvalue weighted by atomic mass is 35.5. The molecular formula is C22H17ClN8O. The Kier molecular flexibility index (Phi) is 4.29. The van der Waals surface area contributed by atoms with E-state index in [0.717, 1.165) is 22.6 Å². The topological polar surface area (TPSA) is 97.0 Å². The van der Waals surface area contributed by atoms with Crippen LogP contribution in [0.1, 0.15) is 33.5 Å². The molecular weight excluding hydrogens is 428 g/mol. The maximum atomic E-state index is 13.7. The Labute approximate surface area is 187 Å². The summed E-state index contributed by atoms with van der Waals surface area (Å²) in [5, 5.41) is 9.14. The molecule has 0 aromatic carbocycles. The van der Waals surface area contributed by atoms with Crippen molar-refractivity contribution in [2.45, 2.75) is 12.5 Å². The smallest absolute Gasteiger partial charge is 0.259 e. The lowest BCUT2D eigenvalue weighted by Gasteiger charge is -2.33. The molecule has 6 rings (SSSR count). The molecule has 5 aromatic rings. The second kappa shape index (κ2) is 7.31. The van der Waals surface area contributed by atoms with Crippen LogP contribution in [0.4, 0.5) is 0 Å². The van der Waals surface area contributed by atoms with Gasteiger partial charge in [-0.1, -0.05) is 23.7 Å². The first kappa shape index (κ1) is 18.8. The zero-order valence-electron chi connectivity index (χ0n) is 16.8. The number of carbonyl (C=O) groups excluding carboxylic acids is 1. The van der Waals surface area contributed by atoms with E-state index >= 15 is 0 Å². The number of fused-ring (bicyclic) bond motifs is 2. The Morgan fingerprint density at radius 2 is 2.03 bits per heavy atom. The average molecular weight is 445 g/mol. The van der Waals surface area contributed by atoms with Gasteiger partial charge in [-0.15, -0.1) is 0 Å². The van der Waals surface area contributed by atoms with E-state index in [1.165, 1.54) is 4.68 Å². The third-order valence-electron chi connectivity index (χ3n) is 5.64. The number of pyridine rings is 2. The fourth-order valence-corrected chi connectivity index (χ4v) is 4.36. The average Bonchev–Trinajstić information content (AvgIpc) is 3.56. The van der Waals surface area contributed by atoms with E-state index in [1.807, 2.05) is 42.6 Å². The second-order valence-corrected chi connectivity index (χ2v) is 7.88. The van der Waals surface area contributed by atoms with Gasteiger partial charge in [0, 0.05) is 37.3 Å². The van der Waals surface area contributed by atoms with Gasteiger partial charge < -0.3 is 9.88 Å². The zero-order chi connectivity index (χ0) is 21.7. The third-order valence-corrected chi connectivity index (χ3v) is 5.92. The highest BCUT2D eigenvalue weighted by Crippen LogP contribution is 2.35. The van der Waals surface area contributed by atoms with Crippen LogP contribution < -0.4 is 0 Å². The number of carbonyl (C=O) groups is 1. The Balaban J connectivity index is 1.43. The van der Waals surface area contributed by atoms with Gasteiger partial charge in [0.05, 0.1) is 28.8 Å². The van der Waals surface area contributed by atoms with Crippen molar-refractivity contribution in [1.29, 1.82) is 0 Å². The Hall–Kier alpha value is -3.98. The summed E-state index contributed by atoms with van der Waals surface area (Å²) in [5.41, 5.74) is 3.79. The lowest BCUT2D eigenvalue weighted by Crippen LogP contribution is -2.41. The van der Waals surface area contributed by atoms with Crippen LogP contribution in [0.3, 0.4) is 0 Å². The van der Waals surface area contributed by atoms with Gasteiger partial charge in [0.1, 0.15) is 6.04 Å². The first-order chi connectivity index (χ1) is 15.7. The Morgan fingerprint density at radius 3 is 2.88 bits per heavy atom. The number of hydrogen-bond donors (Lipinski definition) is 1. The summed E-state index contributed by atoms with van der Waals surface area (Å²) in [4.78, 5) is 27.4. The quantitative estimate of drug-likeness (QED) is 0.461. The van der Waals surface area contributed by atoms with E-state index in [-0.39, 0.29) is 11.1 Å². The molecule has 1 amide bonds. The van der Waals surface area contributed by atoms with Gasteiger partial charge in [0.15, 0.2) is 11.0 Å². The molecule has 0 bridgehead atoms. The van der Waals surface area contributed by atoms with Gasteiger partial charge in [0.25, 0.3) is 5.91 Å². The van der Waals surface area contributed by atoms with Gasteiger partial charge in [-0.2, -0.15) is 10.2 Å². The normalized spacial score (nSPS) is 15.8. The van der Waals surface area contributed by atoms with Gasteiger partial charge in [-0.3, -0.25) is 4.79 Å². The molecule has 1 N–H and O–H groups in total. The number of hydrogen-bond acceptors (Lipinski definition) is 5. The van der Waals surface area contributed by atoms with Crippen LogP contribution in [0, 0.1) is 0 Å². The van der Waals surface area contributed by atoms with Gasteiger partial charge in [-0.05, 0) is 30.3 Å². The second-order valence-electron chi connectivity index (χ2n) is 7.52. The number of halogens is 1. The summed E-state index contributed by atoms with van der Waals surface area (Å²) in [5.74, 6) is 0.353. The van der Waals surface area contributed by atoms with Gasteiger partial charge in [-0.25, -0.2) is 19.2 Å². The number of aromatic amines is 1. The van der Waals surface area contributed by atoms with Crippen LogP contribution in [0.25, 0.3) is 11.3 Å². The molecule has 0 unspecified atom stereocenters. The number of nitrogens with one attached hydrogen (secondary N) is 1. The zero-order valence-corrected chi connectivity index (χ0v) is 17.5. The lowest BCUT2D eigenvalue weighted by atomic mass is 9.99. The van der Waals surface area contributed by atoms with Crippen molar-refractivity contribution >= 4 is 23.0 Å². The van der Waals surface area contributed by atoms with Gasteiger partial charge >= 0.3 is 0 Å². The molecule has 0 saturated heterocycles. The highest BCUT2D eigenvalue weighted by Gasteiger charge is 2.37. The summed E-state index contributed by atoms with van der Waals surface area (Å²) >= 11 is 6.40. The van der Waals surface area contributed by atoms with Crippen molar-refractivity contribution in [3.63, 3.8) is 0 Å². The maximum Gasteiger partial charge on any atom is 0.259 e. The predicted octanol–water partition coefficient (Wildman–Crippen LogP) is 3.08. The lowest BCUT2D eigenvalue weighted by molar-refractivity contribution is 0.0687. The highest BCUT2D eigenvalue weighted by molar-refractivity contribution is 6.32. The van der Waals surface area contributed by atoms with Crippen molar-refractivity contribution in [2.75, 3.05) is 6.54 Å². The summed E-state index contributed by atoms with van der Waals surface area (Å²) < 4.78 is 3.31. The predicted molar refractivity (Wildman–Crippen MR) is 117 cm³/mol. The Bertz CT molecular complexity index is 1400. The van der Waals surface area contributed by atoms with E-state index in [1.54, 1.807) is 34.2 Å². The fraction of sp³-hybridized carbons (Fsp3) is 0.136. The minimum atomic E-state index is -0.438. The monoisotopic (exact) mass is 444 g/mol. The fourth-order valence-electron chi connectivity index (χ4n) is 4.14. The van der Waals surface area contributed by atoms with Crippen LogP contribution in [0.15, 0.2) is 67.4 Å². The van der Waals surface area contributed by atoms with E-state index in [9.17, 15) is 4.79 Å². The summed E-state index contributed by atoms with van der Waals surface area (Å²) in [7, 11) is 0. The van der Waals surface area contributed by atoms with Gasteiger partial charge in [0.2, 0.25) is 0 Å². The number of rotatable bonds is 3. The van der Waals surface area contributed by atoms with E-state index in [2.05, 4.69) is 20.1 Å². The number of aromatic nitrogens is 7. The molecule has 0 aliphatic carbocycles. The van der Waals surface area contributed by atoms with Crippen molar-refractivity contribution in [1.82, 2.24) is 39.2 Å². The molecule has 1 aliphatic heterocycles. The van der Waals surface area contributed by atoms with E-state index in [4.69, 9.17) is 16.7 Å². The minimum Gasteiger partial charge on any atom is -0.348 e. The molecule has 0 saturated carbocycles. The summed E-state index contributed by atoms with van der Waals surface area (Å²) in [6, 6.07) is 12.9. The SMILES string of the molecule is O=C(c1cn(-c2ccccn2)nc1Cl)N1CCc2[nH]cnc2[C@H]1c1cc2ccccn2n1. The van der Waals surface area contributed by atoms with Crippen molar-refractivity contribution in [3.05, 3.63) is 95.2 Å².